The van der Waals surface area contributed by atoms with Gasteiger partial charge in [-0.25, -0.2) is 8.42 Å². The molecule has 1 aliphatic heterocycles. The Morgan fingerprint density at radius 2 is 1.84 bits per heavy atom. The molecule has 1 fully saturated rings. The largest absolute Gasteiger partial charge is 0.497 e. The van der Waals surface area contributed by atoms with Crippen molar-refractivity contribution < 1.29 is 17.9 Å². The highest BCUT2D eigenvalue weighted by atomic mass is 32.2. The molecule has 1 aromatic heterocycles. The SMILES string of the molecule is COc1ccc2c(ccn2CCNC(=O)C2CCN(S(=O)(=O)c3ccccc3)CC2)c1. The fourth-order valence-corrected chi connectivity index (χ4v) is 5.53. The molecule has 1 saturated heterocycles. The third kappa shape index (κ3) is 4.60. The molecule has 4 rings (SSSR count). The molecule has 0 atom stereocenters. The molecule has 8 heteroatoms. The molecule has 31 heavy (non-hydrogen) atoms. The number of benzene rings is 2. The molecule has 7 nitrogen and oxygen atoms in total. The summed E-state index contributed by atoms with van der Waals surface area (Å²) < 4.78 is 34.3. The number of hydrogen-bond donors (Lipinski definition) is 1. The summed E-state index contributed by atoms with van der Waals surface area (Å²) in [5.41, 5.74) is 1.09. The Bertz CT molecular complexity index is 1150. The van der Waals surface area contributed by atoms with Gasteiger partial charge < -0.3 is 14.6 Å². The van der Waals surface area contributed by atoms with Gasteiger partial charge in [-0.2, -0.15) is 4.31 Å². The minimum absolute atomic E-state index is 0.00473. The molecule has 0 spiro atoms. The van der Waals surface area contributed by atoms with Gasteiger partial charge in [0, 0.05) is 49.2 Å². The van der Waals surface area contributed by atoms with Crippen molar-refractivity contribution in [1.82, 2.24) is 14.2 Å². The number of nitrogens with one attached hydrogen (secondary N) is 1. The van der Waals surface area contributed by atoms with Crippen molar-refractivity contribution in [2.75, 3.05) is 26.7 Å². The molecule has 0 unspecified atom stereocenters. The molecule has 3 aromatic rings. The number of hydrogen-bond acceptors (Lipinski definition) is 4. The molecule has 0 radical (unpaired) electrons. The number of aromatic nitrogens is 1. The number of piperidine rings is 1. The lowest BCUT2D eigenvalue weighted by molar-refractivity contribution is -0.126. The third-order valence-electron chi connectivity index (χ3n) is 5.84. The molecule has 2 aromatic carbocycles. The number of carbonyl (C=O) groups is 1. The van der Waals surface area contributed by atoms with Crippen molar-refractivity contribution >= 4 is 26.8 Å². The zero-order chi connectivity index (χ0) is 21.8. The second-order valence-electron chi connectivity index (χ2n) is 7.72. The van der Waals surface area contributed by atoms with Crippen LogP contribution in [0.25, 0.3) is 10.9 Å². The molecular weight excluding hydrogens is 414 g/mol. The first-order chi connectivity index (χ1) is 15.0. The molecule has 1 aliphatic rings. The maximum absolute atomic E-state index is 12.7. The summed E-state index contributed by atoms with van der Waals surface area (Å²) in [5.74, 6) is 0.655. The lowest BCUT2D eigenvalue weighted by atomic mass is 9.97. The van der Waals surface area contributed by atoms with E-state index in [2.05, 4.69) is 9.88 Å². The summed E-state index contributed by atoms with van der Waals surface area (Å²) >= 11 is 0. The third-order valence-corrected chi connectivity index (χ3v) is 7.75. The minimum Gasteiger partial charge on any atom is -0.497 e. The Labute approximate surface area is 182 Å². The van der Waals surface area contributed by atoms with E-state index >= 15 is 0 Å². The van der Waals surface area contributed by atoms with Gasteiger partial charge in [0.1, 0.15) is 5.75 Å². The Balaban J connectivity index is 1.28. The number of amides is 1. The van der Waals surface area contributed by atoms with E-state index < -0.39 is 10.0 Å². The zero-order valence-corrected chi connectivity index (χ0v) is 18.3. The highest BCUT2D eigenvalue weighted by Crippen LogP contribution is 2.24. The van der Waals surface area contributed by atoms with Crippen LogP contribution in [0.15, 0.2) is 65.7 Å². The second-order valence-corrected chi connectivity index (χ2v) is 9.65. The smallest absolute Gasteiger partial charge is 0.243 e. The first kappa shape index (κ1) is 21.4. The van der Waals surface area contributed by atoms with E-state index in [1.807, 2.05) is 30.5 Å². The lowest BCUT2D eigenvalue weighted by Gasteiger charge is -2.30. The van der Waals surface area contributed by atoms with Crippen LogP contribution in [0.1, 0.15) is 12.8 Å². The topological polar surface area (TPSA) is 80.6 Å². The van der Waals surface area contributed by atoms with Crippen LogP contribution in [-0.2, 0) is 21.4 Å². The van der Waals surface area contributed by atoms with Gasteiger partial charge in [-0.3, -0.25) is 4.79 Å². The van der Waals surface area contributed by atoms with Crippen LogP contribution in [0.3, 0.4) is 0 Å². The number of methoxy groups -OCH3 is 1. The summed E-state index contributed by atoms with van der Waals surface area (Å²) in [5, 5.41) is 4.11. The number of nitrogens with zero attached hydrogens (tertiary/aromatic N) is 2. The van der Waals surface area contributed by atoms with Crippen LogP contribution in [0.5, 0.6) is 5.75 Å². The molecule has 1 N–H and O–H groups in total. The van der Waals surface area contributed by atoms with Crippen molar-refractivity contribution in [1.29, 1.82) is 0 Å². The number of carbonyl (C=O) groups excluding carboxylic acids is 1. The van der Waals surface area contributed by atoms with Crippen LogP contribution in [0.2, 0.25) is 0 Å². The van der Waals surface area contributed by atoms with Crippen LogP contribution in [0.4, 0.5) is 0 Å². The van der Waals surface area contributed by atoms with Crippen molar-refractivity contribution in [3.8, 4) is 5.75 Å². The van der Waals surface area contributed by atoms with Gasteiger partial charge in [0.15, 0.2) is 0 Å². The maximum atomic E-state index is 12.7. The molecule has 1 amide bonds. The highest BCUT2D eigenvalue weighted by molar-refractivity contribution is 7.89. The summed E-state index contributed by atoms with van der Waals surface area (Å²) in [6.45, 7) is 1.92. The predicted molar refractivity (Wildman–Crippen MR) is 119 cm³/mol. The number of fused-ring (bicyclic) bond motifs is 1. The molecule has 164 valence electrons. The Morgan fingerprint density at radius 3 is 2.55 bits per heavy atom. The van der Waals surface area contributed by atoms with Crippen LogP contribution < -0.4 is 10.1 Å². The van der Waals surface area contributed by atoms with Gasteiger partial charge >= 0.3 is 0 Å². The monoisotopic (exact) mass is 441 g/mol. The second kappa shape index (κ2) is 9.11. The van der Waals surface area contributed by atoms with Gasteiger partial charge in [0.25, 0.3) is 0 Å². The van der Waals surface area contributed by atoms with E-state index in [1.54, 1.807) is 37.4 Å². The summed E-state index contributed by atoms with van der Waals surface area (Å²) in [6, 6.07) is 16.4. The first-order valence-corrected chi connectivity index (χ1v) is 11.9. The predicted octanol–water partition coefficient (Wildman–Crippen LogP) is 2.87. The molecule has 0 aliphatic carbocycles. The molecule has 0 saturated carbocycles. The lowest BCUT2D eigenvalue weighted by Crippen LogP contribution is -2.43. The molecule has 2 heterocycles. The highest BCUT2D eigenvalue weighted by Gasteiger charge is 2.31. The number of sulfonamides is 1. The quantitative estimate of drug-likeness (QED) is 0.611. The van der Waals surface area contributed by atoms with E-state index in [0.29, 0.717) is 43.9 Å². The number of ether oxygens (including phenoxy) is 1. The van der Waals surface area contributed by atoms with Crippen molar-refractivity contribution in [2.24, 2.45) is 5.92 Å². The minimum atomic E-state index is -3.49. The van der Waals surface area contributed by atoms with E-state index in [4.69, 9.17) is 4.74 Å². The Morgan fingerprint density at radius 1 is 1.10 bits per heavy atom. The average molecular weight is 442 g/mol. The van der Waals surface area contributed by atoms with E-state index in [-0.39, 0.29) is 11.8 Å². The van der Waals surface area contributed by atoms with Gasteiger partial charge in [-0.15, -0.1) is 0 Å². The summed E-state index contributed by atoms with van der Waals surface area (Å²) in [6.07, 6.45) is 3.07. The van der Waals surface area contributed by atoms with Crippen LogP contribution in [-0.4, -0.2) is 49.9 Å². The van der Waals surface area contributed by atoms with Crippen LogP contribution in [0, 0.1) is 5.92 Å². The Hall–Kier alpha value is -2.84. The first-order valence-electron chi connectivity index (χ1n) is 10.4. The van der Waals surface area contributed by atoms with Crippen LogP contribution >= 0.6 is 0 Å². The standard InChI is InChI=1S/C23H27N3O4S/c1-30-20-7-8-22-19(17-20)9-13-25(22)16-12-24-23(27)18-10-14-26(15-11-18)31(28,29)21-5-3-2-4-6-21/h2-9,13,17-18H,10-12,14-16H2,1H3,(H,24,27). The summed E-state index contributed by atoms with van der Waals surface area (Å²) in [4.78, 5) is 12.9. The summed E-state index contributed by atoms with van der Waals surface area (Å²) in [7, 11) is -1.85. The maximum Gasteiger partial charge on any atom is 0.243 e. The number of rotatable bonds is 7. The average Bonchev–Trinajstić information content (AvgIpc) is 3.21. The zero-order valence-electron chi connectivity index (χ0n) is 17.5. The van der Waals surface area contributed by atoms with Gasteiger partial charge in [-0.05, 0) is 49.2 Å². The van der Waals surface area contributed by atoms with Gasteiger partial charge in [0.2, 0.25) is 15.9 Å². The van der Waals surface area contributed by atoms with Gasteiger partial charge in [-0.1, -0.05) is 18.2 Å². The molecule has 0 bridgehead atoms. The molecular formula is C23H27N3O4S. The fraction of sp³-hybridized carbons (Fsp3) is 0.348. The van der Waals surface area contributed by atoms with Crippen molar-refractivity contribution in [2.45, 2.75) is 24.3 Å². The van der Waals surface area contributed by atoms with Gasteiger partial charge in [0.05, 0.1) is 12.0 Å². The van der Waals surface area contributed by atoms with E-state index in [9.17, 15) is 13.2 Å². The fourth-order valence-electron chi connectivity index (χ4n) is 4.04. The normalized spacial score (nSPS) is 15.8. The van der Waals surface area contributed by atoms with Crippen molar-refractivity contribution in [3.05, 3.63) is 60.8 Å². The van der Waals surface area contributed by atoms with E-state index in [0.717, 1.165) is 16.7 Å². The van der Waals surface area contributed by atoms with E-state index in [1.165, 1.54) is 4.31 Å². The van der Waals surface area contributed by atoms with Crippen molar-refractivity contribution in [3.63, 3.8) is 0 Å². The Kier molecular flexibility index (Phi) is 6.29.